The predicted molar refractivity (Wildman–Crippen MR) is 97.8 cm³/mol. The number of rotatable bonds is 7. The number of halogens is 1. The predicted octanol–water partition coefficient (Wildman–Crippen LogP) is 5.21. The Balaban J connectivity index is 1.96. The Hall–Kier alpha value is -1.39. The zero-order chi connectivity index (χ0) is 16.8. The topological polar surface area (TPSA) is 42.0 Å². The molecule has 1 atom stereocenters. The van der Waals surface area contributed by atoms with Crippen LogP contribution in [0.5, 0.6) is 0 Å². The molecular formula is C18H23ClN2OS. The van der Waals surface area contributed by atoms with Crippen LogP contribution in [0.15, 0.2) is 24.3 Å². The minimum atomic E-state index is 0.104. The van der Waals surface area contributed by atoms with Gasteiger partial charge >= 0.3 is 0 Å². The second-order valence-electron chi connectivity index (χ2n) is 5.89. The number of aryl methyl sites for hydroxylation is 1. The number of nitrogens with zero attached hydrogens (tertiary/aromatic N) is 1. The van der Waals surface area contributed by atoms with Crippen LogP contribution in [0.3, 0.4) is 0 Å². The molecular weight excluding hydrogens is 328 g/mol. The molecule has 0 bridgehead atoms. The van der Waals surface area contributed by atoms with E-state index in [2.05, 4.69) is 31.1 Å². The van der Waals surface area contributed by atoms with Crippen LogP contribution in [0.2, 0.25) is 5.02 Å². The summed E-state index contributed by atoms with van der Waals surface area (Å²) in [4.78, 5) is 17.8. The fraction of sp³-hybridized carbons (Fsp3) is 0.444. The second kappa shape index (κ2) is 8.46. The van der Waals surface area contributed by atoms with E-state index in [1.54, 1.807) is 11.3 Å². The summed E-state index contributed by atoms with van der Waals surface area (Å²) in [5, 5.41) is 4.63. The monoisotopic (exact) mass is 350 g/mol. The highest BCUT2D eigenvalue weighted by molar-refractivity contribution is 7.12. The van der Waals surface area contributed by atoms with Crippen LogP contribution < -0.4 is 5.32 Å². The lowest BCUT2D eigenvalue weighted by Crippen LogP contribution is -2.24. The highest BCUT2D eigenvalue weighted by atomic mass is 35.5. The summed E-state index contributed by atoms with van der Waals surface area (Å²) < 4.78 is 0. The van der Waals surface area contributed by atoms with Gasteiger partial charge in [0.2, 0.25) is 5.91 Å². The standard InChI is InChI=1S/C18H23ClN2OS/c1-4-5-12(2)10-16(22)20-11-17-21-18(13(3)23-17)14-6-8-15(19)9-7-14/h6-9,12H,4-5,10-11H2,1-3H3,(H,20,22). The van der Waals surface area contributed by atoms with Crippen LogP contribution >= 0.6 is 22.9 Å². The van der Waals surface area contributed by atoms with Gasteiger partial charge in [-0.1, -0.05) is 50.4 Å². The fourth-order valence-electron chi connectivity index (χ4n) is 2.56. The number of carbonyl (C=O) groups is 1. The Labute approximate surface area is 147 Å². The summed E-state index contributed by atoms with van der Waals surface area (Å²) in [5.74, 6) is 0.537. The number of aromatic nitrogens is 1. The number of amides is 1. The summed E-state index contributed by atoms with van der Waals surface area (Å²) in [5.41, 5.74) is 2.02. The molecule has 23 heavy (non-hydrogen) atoms. The average Bonchev–Trinajstić information content (AvgIpc) is 2.87. The largest absolute Gasteiger partial charge is 0.350 e. The molecule has 0 saturated carbocycles. The van der Waals surface area contributed by atoms with Gasteiger partial charge in [0.25, 0.3) is 0 Å². The van der Waals surface area contributed by atoms with Crippen molar-refractivity contribution in [1.29, 1.82) is 0 Å². The van der Waals surface area contributed by atoms with Crippen LogP contribution in [0, 0.1) is 12.8 Å². The highest BCUT2D eigenvalue weighted by Crippen LogP contribution is 2.28. The maximum absolute atomic E-state index is 12.0. The molecule has 0 saturated heterocycles. The van der Waals surface area contributed by atoms with E-state index < -0.39 is 0 Å². The quantitative estimate of drug-likeness (QED) is 0.744. The minimum absolute atomic E-state index is 0.104. The molecule has 1 unspecified atom stereocenters. The van der Waals surface area contributed by atoms with Crippen molar-refractivity contribution in [2.24, 2.45) is 5.92 Å². The van der Waals surface area contributed by atoms with Gasteiger partial charge in [-0.15, -0.1) is 11.3 Å². The van der Waals surface area contributed by atoms with Crippen LogP contribution in [0.25, 0.3) is 11.3 Å². The molecule has 1 heterocycles. The number of thiazole rings is 1. The first-order valence-electron chi connectivity index (χ1n) is 7.98. The first kappa shape index (κ1) is 18.0. The van der Waals surface area contributed by atoms with Crippen molar-refractivity contribution in [3.63, 3.8) is 0 Å². The molecule has 0 spiro atoms. The third kappa shape index (κ3) is 5.33. The molecule has 0 radical (unpaired) electrons. The molecule has 1 aromatic heterocycles. The molecule has 1 amide bonds. The maximum Gasteiger partial charge on any atom is 0.220 e. The lowest BCUT2D eigenvalue weighted by atomic mass is 10.0. The Bertz CT molecular complexity index is 652. The average molecular weight is 351 g/mol. The van der Waals surface area contributed by atoms with Crippen molar-refractivity contribution < 1.29 is 4.79 Å². The van der Waals surface area contributed by atoms with E-state index in [0.717, 1.165) is 39.0 Å². The zero-order valence-corrected chi connectivity index (χ0v) is 15.4. The Morgan fingerprint density at radius 3 is 2.70 bits per heavy atom. The number of hydrogen-bond donors (Lipinski definition) is 1. The van der Waals surface area contributed by atoms with Crippen molar-refractivity contribution in [2.75, 3.05) is 0 Å². The first-order valence-corrected chi connectivity index (χ1v) is 9.18. The summed E-state index contributed by atoms with van der Waals surface area (Å²) in [6, 6.07) is 7.68. The van der Waals surface area contributed by atoms with Gasteiger partial charge in [-0.3, -0.25) is 4.79 Å². The first-order chi connectivity index (χ1) is 11.0. The van der Waals surface area contributed by atoms with Crippen LogP contribution in [-0.4, -0.2) is 10.9 Å². The summed E-state index contributed by atoms with van der Waals surface area (Å²) in [7, 11) is 0. The van der Waals surface area contributed by atoms with E-state index in [9.17, 15) is 4.79 Å². The molecule has 3 nitrogen and oxygen atoms in total. The van der Waals surface area contributed by atoms with E-state index in [1.165, 1.54) is 0 Å². The SMILES string of the molecule is CCCC(C)CC(=O)NCc1nc(-c2ccc(Cl)cc2)c(C)s1. The normalized spacial score (nSPS) is 12.2. The van der Waals surface area contributed by atoms with Crippen molar-refractivity contribution in [1.82, 2.24) is 10.3 Å². The molecule has 0 aliphatic carbocycles. The van der Waals surface area contributed by atoms with Gasteiger partial charge in [-0.25, -0.2) is 4.98 Å². The molecule has 124 valence electrons. The van der Waals surface area contributed by atoms with E-state index in [1.807, 2.05) is 24.3 Å². The van der Waals surface area contributed by atoms with Crippen molar-refractivity contribution in [3.05, 3.63) is 39.2 Å². The van der Waals surface area contributed by atoms with Gasteiger partial charge < -0.3 is 5.32 Å². The Morgan fingerprint density at radius 2 is 2.04 bits per heavy atom. The number of nitrogens with one attached hydrogen (secondary N) is 1. The third-order valence-corrected chi connectivity index (χ3v) is 4.93. The lowest BCUT2D eigenvalue weighted by Gasteiger charge is -2.09. The van der Waals surface area contributed by atoms with E-state index >= 15 is 0 Å². The summed E-state index contributed by atoms with van der Waals surface area (Å²) >= 11 is 7.55. The third-order valence-electron chi connectivity index (χ3n) is 3.71. The van der Waals surface area contributed by atoms with E-state index in [0.29, 0.717) is 18.9 Å². The molecule has 1 aromatic carbocycles. The van der Waals surface area contributed by atoms with Crippen LogP contribution in [0.4, 0.5) is 0 Å². The van der Waals surface area contributed by atoms with Crippen LogP contribution in [0.1, 0.15) is 43.0 Å². The minimum Gasteiger partial charge on any atom is -0.350 e. The number of benzene rings is 1. The van der Waals surface area contributed by atoms with Gasteiger partial charge in [-0.05, 0) is 25.0 Å². The molecule has 0 aliphatic rings. The smallest absolute Gasteiger partial charge is 0.220 e. The Morgan fingerprint density at radius 1 is 1.35 bits per heavy atom. The van der Waals surface area contributed by atoms with Crippen molar-refractivity contribution in [2.45, 2.75) is 46.6 Å². The molecule has 2 rings (SSSR count). The molecule has 0 aliphatic heterocycles. The molecule has 5 heteroatoms. The van der Waals surface area contributed by atoms with Gasteiger partial charge in [0, 0.05) is 21.9 Å². The van der Waals surface area contributed by atoms with E-state index in [-0.39, 0.29) is 5.91 Å². The maximum atomic E-state index is 12.0. The fourth-order valence-corrected chi connectivity index (χ4v) is 3.58. The lowest BCUT2D eigenvalue weighted by molar-refractivity contribution is -0.122. The molecule has 1 N–H and O–H groups in total. The zero-order valence-electron chi connectivity index (χ0n) is 13.9. The van der Waals surface area contributed by atoms with Crippen molar-refractivity contribution >= 4 is 28.8 Å². The molecule has 2 aromatic rings. The van der Waals surface area contributed by atoms with Gasteiger partial charge in [0.1, 0.15) is 5.01 Å². The van der Waals surface area contributed by atoms with Gasteiger partial charge in [0.05, 0.1) is 12.2 Å². The Kier molecular flexibility index (Phi) is 6.60. The highest BCUT2D eigenvalue weighted by Gasteiger charge is 2.12. The van der Waals surface area contributed by atoms with Crippen molar-refractivity contribution in [3.8, 4) is 11.3 Å². The second-order valence-corrected chi connectivity index (χ2v) is 7.62. The number of carbonyl (C=O) groups excluding carboxylic acids is 1. The van der Waals surface area contributed by atoms with Gasteiger partial charge in [-0.2, -0.15) is 0 Å². The van der Waals surface area contributed by atoms with E-state index in [4.69, 9.17) is 11.6 Å². The van der Waals surface area contributed by atoms with Gasteiger partial charge in [0.15, 0.2) is 0 Å². The summed E-state index contributed by atoms with van der Waals surface area (Å²) in [6.07, 6.45) is 2.79. The number of hydrogen-bond acceptors (Lipinski definition) is 3. The summed E-state index contributed by atoms with van der Waals surface area (Å²) in [6.45, 7) is 6.81. The molecule has 0 fully saturated rings. The van der Waals surface area contributed by atoms with Crippen LogP contribution in [-0.2, 0) is 11.3 Å².